The van der Waals surface area contributed by atoms with Crippen molar-refractivity contribution in [3.63, 3.8) is 0 Å². The second kappa shape index (κ2) is 8.68. The minimum absolute atomic E-state index is 0.106. The first kappa shape index (κ1) is 20.3. The molecule has 0 bridgehead atoms. The maximum Gasteiger partial charge on any atom is 0.243 e. The molecule has 1 unspecified atom stereocenters. The molecular weight excluding hydrogens is 364 g/mol. The highest BCUT2D eigenvalue weighted by atomic mass is 32.2. The van der Waals surface area contributed by atoms with Crippen molar-refractivity contribution in [1.82, 2.24) is 14.1 Å². The Morgan fingerprint density at radius 3 is 2.63 bits per heavy atom. The van der Waals surface area contributed by atoms with E-state index < -0.39 is 10.0 Å². The largest absolute Gasteiger partial charge is 0.325 e. The smallest absolute Gasteiger partial charge is 0.243 e. The van der Waals surface area contributed by atoms with Crippen LogP contribution in [-0.2, 0) is 14.8 Å². The Bertz CT molecular complexity index is 760. The first-order valence-corrected chi connectivity index (χ1v) is 11.1. The van der Waals surface area contributed by atoms with E-state index in [4.69, 9.17) is 0 Å². The van der Waals surface area contributed by atoms with E-state index in [1.54, 1.807) is 24.3 Å². The Balaban J connectivity index is 1.61. The molecule has 1 aromatic rings. The Morgan fingerprint density at radius 1 is 1.19 bits per heavy atom. The number of nitrogens with zero attached hydrogens (tertiary/aromatic N) is 3. The summed E-state index contributed by atoms with van der Waals surface area (Å²) in [6, 6.07) is 7.04. The van der Waals surface area contributed by atoms with Gasteiger partial charge in [-0.05, 0) is 64.5 Å². The molecular formula is C19H30N4O3S. The summed E-state index contributed by atoms with van der Waals surface area (Å²) in [5.74, 6) is -0.106. The van der Waals surface area contributed by atoms with Gasteiger partial charge in [0.05, 0.1) is 11.4 Å². The highest BCUT2D eigenvalue weighted by Gasteiger charge is 2.27. The van der Waals surface area contributed by atoms with Gasteiger partial charge in [-0.2, -0.15) is 4.31 Å². The van der Waals surface area contributed by atoms with E-state index in [-0.39, 0.29) is 10.8 Å². The highest BCUT2D eigenvalue weighted by molar-refractivity contribution is 7.89. The molecule has 0 spiro atoms. The van der Waals surface area contributed by atoms with Gasteiger partial charge in [-0.25, -0.2) is 8.42 Å². The van der Waals surface area contributed by atoms with E-state index in [2.05, 4.69) is 29.2 Å². The van der Waals surface area contributed by atoms with Crippen molar-refractivity contribution in [3.8, 4) is 0 Å². The summed E-state index contributed by atoms with van der Waals surface area (Å²) in [6.07, 6.45) is 4.04. The van der Waals surface area contributed by atoms with Gasteiger partial charge in [0, 0.05) is 31.4 Å². The summed E-state index contributed by atoms with van der Waals surface area (Å²) < 4.78 is 26.9. The summed E-state index contributed by atoms with van der Waals surface area (Å²) in [6.45, 7) is 3.26. The van der Waals surface area contributed by atoms with Gasteiger partial charge in [0.25, 0.3) is 0 Å². The molecule has 0 saturated carbocycles. The number of hydrogen-bond donors (Lipinski definition) is 1. The van der Waals surface area contributed by atoms with Gasteiger partial charge in [-0.15, -0.1) is 0 Å². The predicted molar refractivity (Wildman–Crippen MR) is 106 cm³/mol. The van der Waals surface area contributed by atoms with Crippen LogP contribution >= 0.6 is 0 Å². The highest BCUT2D eigenvalue weighted by Crippen LogP contribution is 2.23. The zero-order valence-electron chi connectivity index (χ0n) is 16.2. The average Bonchev–Trinajstić information content (AvgIpc) is 3.17. The second-order valence-corrected chi connectivity index (χ2v) is 9.62. The Hall–Kier alpha value is -1.48. The lowest BCUT2D eigenvalue weighted by atomic mass is 10.1. The number of likely N-dealkylation sites (tertiary alicyclic amines) is 1. The van der Waals surface area contributed by atoms with Crippen LogP contribution in [0.1, 0.15) is 25.7 Å². The summed E-state index contributed by atoms with van der Waals surface area (Å²) in [5, 5.41) is 2.86. The number of amides is 1. The molecule has 2 aliphatic rings. The van der Waals surface area contributed by atoms with Crippen LogP contribution in [-0.4, -0.2) is 81.3 Å². The number of likely N-dealkylation sites (N-methyl/N-ethyl adjacent to an activating group) is 1. The molecule has 0 aromatic heterocycles. The van der Waals surface area contributed by atoms with Gasteiger partial charge >= 0.3 is 0 Å². The summed E-state index contributed by atoms with van der Waals surface area (Å²) in [4.78, 5) is 17.1. The first-order valence-electron chi connectivity index (χ1n) is 9.65. The van der Waals surface area contributed by atoms with Crippen molar-refractivity contribution in [3.05, 3.63) is 24.3 Å². The minimum atomic E-state index is -3.47. The number of anilines is 1. The molecule has 1 amide bonds. The SMILES string of the molecule is CN(C)C1CCCN(CC(=O)Nc2cccc(S(=O)(=O)N3CCCC3)c2)C1. The van der Waals surface area contributed by atoms with Crippen molar-refractivity contribution >= 4 is 21.6 Å². The first-order chi connectivity index (χ1) is 12.9. The molecule has 2 fully saturated rings. The van der Waals surface area contributed by atoms with E-state index in [0.29, 0.717) is 31.4 Å². The average molecular weight is 395 g/mol. The third-order valence-corrected chi connectivity index (χ3v) is 7.29. The van der Waals surface area contributed by atoms with Gasteiger partial charge in [-0.1, -0.05) is 6.07 Å². The molecule has 2 saturated heterocycles. The summed E-state index contributed by atoms with van der Waals surface area (Å²) in [7, 11) is 0.665. The lowest BCUT2D eigenvalue weighted by Gasteiger charge is -2.35. The van der Waals surface area contributed by atoms with Gasteiger partial charge in [0.15, 0.2) is 0 Å². The number of nitrogens with one attached hydrogen (secondary N) is 1. The monoisotopic (exact) mass is 394 g/mol. The summed E-state index contributed by atoms with van der Waals surface area (Å²) >= 11 is 0. The van der Waals surface area contributed by atoms with Crippen LogP contribution in [0.2, 0.25) is 0 Å². The van der Waals surface area contributed by atoms with Crippen LogP contribution in [0.3, 0.4) is 0 Å². The topological polar surface area (TPSA) is 73.0 Å². The third kappa shape index (κ3) is 5.07. The van der Waals surface area contributed by atoms with Gasteiger partial charge in [0.2, 0.25) is 15.9 Å². The van der Waals surface area contributed by atoms with Crippen molar-refractivity contribution in [2.75, 3.05) is 52.1 Å². The number of rotatable bonds is 6. The fourth-order valence-electron chi connectivity index (χ4n) is 3.81. The molecule has 0 radical (unpaired) electrons. The zero-order valence-corrected chi connectivity index (χ0v) is 17.0. The van der Waals surface area contributed by atoms with Crippen LogP contribution in [0.5, 0.6) is 0 Å². The van der Waals surface area contributed by atoms with Crippen LogP contribution < -0.4 is 5.32 Å². The fourth-order valence-corrected chi connectivity index (χ4v) is 5.38. The van der Waals surface area contributed by atoms with Crippen LogP contribution in [0.25, 0.3) is 0 Å². The molecule has 150 valence electrons. The van der Waals surface area contributed by atoms with Crippen molar-refractivity contribution in [1.29, 1.82) is 0 Å². The number of carbonyl (C=O) groups is 1. The normalized spacial score (nSPS) is 22.3. The van der Waals surface area contributed by atoms with E-state index in [0.717, 1.165) is 38.8 Å². The van der Waals surface area contributed by atoms with Crippen molar-refractivity contribution < 1.29 is 13.2 Å². The predicted octanol–water partition coefficient (Wildman–Crippen LogP) is 1.44. The fraction of sp³-hybridized carbons (Fsp3) is 0.632. The van der Waals surface area contributed by atoms with E-state index >= 15 is 0 Å². The standard InChI is InChI=1S/C19H30N4O3S/c1-21(2)17-8-6-10-22(14-17)15-19(24)20-16-7-5-9-18(13-16)27(25,26)23-11-3-4-12-23/h5,7,9,13,17H,3-4,6,8,10-12,14-15H2,1-2H3,(H,20,24). The maximum absolute atomic E-state index is 12.7. The van der Waals surface area contributed by atoms with E-state index in [1.165, 1.54) is 4.31 Å². The molecule has 1 atom stereocenters. The zero-order chi connectivity index (χ0) is 19.4. The molecule has 1 N–H and O–H groups in total. The number of sulfonamides is 1. The van der Waals surface area contributed by atoms with Gasteiger partial charge < -0.3 is 10.2 Å². The number of benzene rings is 1. The Kier molecular flexibility index (Phi) is 6.52. The lowest BCUT2D eigenvalue weighted by molar-refractivity contribution is -0.117. The molecule has 2 aliphatic heterocycles. The van der Waals surface area contributed by atoms with Crippen LogP contribution in [0.15, 0.2) is 29.2 Å². The lowest BCUT2D eigenvalue weighted by Crippen LogP contribution is -2.47. The maximum atomic E-state index is 12.7. The van der Waals surface area contributed by atoms with E-state index in [1.807, 2.05) is 0 Å². The van der Waals surface area contributed by atoms with Crippen molar-refractivity contribution in [2.45, 2.75) is 36.6 Å². The molecule has 8 heteroatoms. The second-order valence-electron chi connectivity index (χ2n) is 7.68. The Labute approximate surface area is 162 Å². The van der Waals surface area contributed by atoms with Crippen LogP contribution in [0, 0.1) is 0 Å². The molecule has 1 aromatic carbocycles. The molecule has 3 rings (SSSR count). The van der Waals surface area contributed by atoms with Gasteiger partial charge in [-0.3, -0.25) is 9.69 Å². The van der Waals surface area contributed by atoms with Gasteiger partial charge in [0.1, 0.15) is 0 Å². The molecule has 0 aliphatic carbocycles. The van der Waals surface area contributed by atoms with E-state index in [9.17, 15) is 13.2 Å². The van der Waals surface area contributed by atoms with Crippen molar-refractivity contribution in [2.24, 2.45) is 0 Å². The minimum Gasteiger partial charge on any atom is -0.325 e. The summed E-state index contributed by atoms with van der Waals surface area (Å²) in [5.41, 5.74) is 0.529. The third-order valence-electron chi connectivity index (χ3n) is 5.40. The number of hydrogen-bond acceptors (Lipinski definition) is 5. The number of carbonyl (C=O) groups excluding carboxylic acids is 1. The van der Waals surface area contributed by atoms with Crippen LogP contribution in [0.4, 0.5) is 5.69 Å². The molecule has 7 nitrogen and oxygen atoms in total. The molecule has 2 heterocycles. The number of piperidine rings is 1. The quantitative estimate of drug-likeness (QED) is 0.790. The Morgan fingerprint density at radius 2 is 1.93 bits per heavy atom. The molecule has 27 heavy (non-hydrogen) atoms.